The molecule has 3 rings (SSSR count). The Labute approximate surface area is 69.4 Å². The van der Waals surface area contributed by atoms with E-state index in [1.54, 1.807) is 19.3 Å². The molecule has 3 aliphatic rings. The monoisotopic (exact) mass is 150 g/mol. The number of unbranched alkanes of at least 4 members (excludes halogenated alkanes) is 1. The molecule has 0 nitrogen and oxygen atoms in total. The molecule has 0 saturated heterocycles. The van der Waals surface area contributed by atoms with Crippen molar-refractivity contribution in [3.8, 4) is 0 Å². The zero-order chi connectivity index (χ0) is 7.42. The van der Waals surface area contributed by atoms with Gasteiger partial charge >= 0.3 is 0 Å². The molecule has 62 valence electrons. The van der Waals surface area contributed by atoms with E-state index >= 15 is 0 Å². The molecule has 0 radical (unpaired) electrons. The van der Waals surface area contributed by atoms with Crippen molar-refractivity contribution in [1.29, 1.82) is 0 Å². The second-order valence-corrected chi connectivity index (χ2v) is 4.95. The molecule has 0 heteroatoms. The molecular formula is C11H18. The quantitative estimate of drug-likeness (QED) is 0.580. The number of fused-ring (bicyclic) bond motifs is 1. The topological polar surface area (TPSA) is 0 Å². The summed E-state index contributed by atoms with van der Waals surface area (Å²) in [5.41, 5.74) is 0. The molecule has 0 aliphatic heterocycles. The largest absolute Gasteiger partial charge is 0.0654 e. The molecule has 0 heterocycles. The Morgan fingerprint density at radius 3 is 2.64 bits per heavy atom. The van der Waals surface area contributed by atoms with Crippen molar-refractivity contribution in [2.45, 2.75) is 39.0 Å². The summed E-state index contributed by atoms with van der Waals surface area (Å²) in [6.07, 6.45) is 7.70. The summed E-state index contributed by atoms with van der Waals surface area (Å²) in [5.74, 6) is 6.15. The summed E-state index contributed by atoms with van der Waals surface area (Å²) < 4.78 is 0. The van der Waals surface area contributed by atoms with Gasteiger partial charge in [0, 0.05) is 0 Å². The normalized spacial score (nSPS) is 57.0. The summed E-state index contributed by atoms with van der Waals surface area (Å²) in [7, 11) is 0. The van der Waals surface area contributed by atoms with Gasteiger partial charge in [-0.2, -0.15) is 0 Å². The Balaban J connectivity index is 1.58. The van der Waals surface area contributed by atoms with Crippen LogP contribution in [-0.2, 0) is 0 Å². The van der Waals surface area contributed by atoms with Gasteiger partial charge in [-0.05, 0) is 42.4 Å². The van der Waals surface area contributed by atoms with Gasteiger partial charge in [0.15, 0.2) is 0 Å². The minimum absolute atomic E-state index is 1.18. The van der Waals surface area contributed by atoms with Crippen LogP contribution in [0, 0.1) is 29.6 Å². The van der Waals surface area contributed by atoms with Gasteiger partial charge in [-0.15, -0.1) is 0 Å². The van der Waals surface area contributed by atoms with Crippen molar-refractivity contribution in [2.24, 2.45) is 29.6 Å². The number of hydrogen-bond donors (Lipinski definition) is 0. The van der Waals surface area contributed by atoms with Gasteiger partial charge in [0.2, 0.25) is 0 Å². The van der Waals surface area contributed by atoms with E-state index in [1.807, 2.05) is 0 Å². The van der Waals surface area contributed by atoms with Gasteiger partial charge in [-0.25, -0.2) is 0 Å². The molecule has 0 aromatic carbocycles. The van der Waals surface area contributed by atoms with Crippen LogP contribution in [0.3, 0.4) is 0 Å². The highest BCUT2D eigenvalue weighted by atomic mass is 14.7. The third-order valence-electron chi connectivity index (χ3n) is 4.49. The molecule has 0 aromatic heterocycles. The van der Waals surface area contributed by atoms with E-state index < -0.39 is 0 Å². The molecule has 0 spiro atoms. The molecule has 3 aliphatic carbocycles. The van der Waals surface area contributed by atoms with Crippen LogP contribution in [-0.4, -0.2) is 0 Å². The second kappa shape index (κ2) is 2.02. The van der Waals surface area contributed by atoms with Gasteiger partial charge in [-0.3, -0.25) is 0 Å². The molecule has 5 atom stereocenters. The summed E-state index contributed by atoms with van der Waals surface area (Å²) >= 11 is 0. The Kier molecular flexibility index (Phi) is 1.20. The van der Waals surface area contributed by atoms with Gasteiger partial charge in [0.25, 0.3) is 0 Å². The maximum atomic E-state index is 2.32. The number of rotatable bonds is 3. The fraction of sp³-hybridized carbons (Fsp3) is 1.00. The average molecular weight is 150 g/mol. The Bertz CT molecular complexity index is 173. The summed E-state index contributed by atoms with van der Waals surface area (Å²) in [6.45, 7) is 2.32. The van der Waals surface area contributed by atoms with E-state index in [9.17, 15) is 0 Å². The van der Waals surface area contributed by atoms with Crippen LogP contribution in [0.1, 0.15) is 39.0 Å². The van der Waals surface area contributed by atoms with E-state index in [0.29, 0.717) is 0 Å². The first-order chi connectivity index (χ1) is 5.42. The van der Waals surface area contributed by atoms with Crippen LogP contribution in [0.2, 0.25) is 0 Å². The van der Waals surface area contributed by atoms with Gasteiger partial charge in [0.05, 0.1) is 0 Å². The molecule has 3 fully saturated rings. The van der Waals surface area contributed by atoms with Crippen molar-refractivity contribution >= 4 is 0 Å². The highest BCUT2D eigenvalue weighted by Gasteiger charge is 2.69. The fourth-order valence-corrected chi connectivity index (χ4v) is 3.96. The van der Waals surface area contributed by atoms with Gasteiger partial charge in [0.1, 0.15) is 0 Å². The van der Waals surface area contributed by atoms with E-state index in [0.717, 1.165) is 0 Å². The van der Waals surface area contributed by atoms with Crippen LogP contribution in [0.25, 0.3) is 0 Å². The molecule has 11 heavy (non-hydrogen) atoms. The van der Waals surface area contributed by atoms with Crippen molar-refractivity contribution in [1.82, 2.24) is 0 Å². The van der Waals surface area contributed by atoms with Crippen molar-refractivity contribution in [2.75, 3.05) is 0 Å². The Morgan fingerprint density at radius 2 is 2.09 bits per heavy atom. The summed E-state index contributed by atoms with van der Waals surface area (Å²) in [5, 5.41) is 0. The SMILES string of the molecule is CCCCC1CC2CC3C1C23. The minimum atomic E-state index is 1.18. The average Bonchev–Trinajstić information content (AvgIpc) is 2.48. The predicted molar refractivity (Wildman–Crippen MR) is 46.2 cm³/mol. The van der Waals surface area contributed by atoms with E-state index in [-0.39, 0.29) is 0 Å². The summed E-state index contributed by atoms with van der Waals surface area (Å²) in [6, 6.07) is 0. The lowest BCUT2D eigenvalue weighted by Crippen LogP contribution is -2.18. The first-order valence-electron chi connectivity index (χ1n) is 5.42. The van der Waals surface area contributed by atoms with Crippen molar-refractivity contribution < 1.29 is 0 Å². The molecule has 0 N–H and O–H groups in total. The first kappa shape index (κ1) is 6.51. The van der Waals surface area contributed by atoms with Crippen LogP contribution < -0.4 is 0 Å². The molecular weight excluding hydrogens is 132 g/mol. The van der Waals surface area contributed by atoms with Crippen molar-refractivity contribution in [3.63, 3.8) is 0 Å². The maximum absolute atomic E-state index is 2.32. The fourth-order valence-electron chi connectivity index (χ4n) is 3.96. The van der Waals surface area contributed by atoms with Crippen LogP contribution >= 0.6 is 0 Å². The van der Waals surface area contributed by atoms with Gasteiger partial charge in [-0.1, -0.05) is 26.2 Å². The standard InChI is InChI=1S/C11H18/c1-2-3-4-7-5-8-6-9-10(7)11(8)9/h7-11H,2-6H2,1H3. The smallest absolute Gasteiger partial charge is 0.0320 e. The van der Waals surface area contributed by atoms with Gasteiger partial charge < -0.3 is 0 Å². The lowest BCUT2D eigenvalue weighted by molar-refractivity contribution is 0.223. The third-order valence-corrected chi connectivity index (χ3v) is 4.49. The number of hydrogen-bond acceptors (Lipinski definition) is 0. The predicted octanol–water partition coefficient (Wildman–Crippen LogP) is 3.08. The third kappa shape index (κ3) is 0.711. The Morgan fingerprint density at radius 1 is 1.18 bits per heavy atom. The van der Waals surface area contributed by atoms with Crippen LogP contribution in [0.4, 0.5) is 0 Å². The molecule has 3 saturated carbocycles. The Hall–Kier alpha value is 0. The minimum Gasteiger partial charge on any atom is -0.0654 e. The van der Waals surface area contributed by atoms with E-state index in [2.05, 4.69) is 6.92 Å². The molecule has 0 bridgehead atoms. The molecule has 0 amide bonds. The zero-order valence-electron chi connectivity index (χ0n) is 7.42. The van der Waals surface area contributed by atoms with Crippen LogP contribution in [0.5, 0.6) is 0 Å². The van der Waals surface area contributed by atoms with Crippen molar-refractivity contribution in [3.05, 3.63) is 0 Å². The zero-order valence-corrected chi connectivity index (χ0v) is 7.42. The second-order valence-electron chi connectivity index (χ2n) is 4.95. The van der Waals surface area contributed by atoms with Crippen LogP contribution in [0.15, 0.2) is 0 Å². The highest BCUT2D eigenvalue weighted by Crippen LogP contribution is 2.75. The highest BCUT2D eigenvalue weighted by molar-refractivity contribution is 5.17. The maximum Gasteiger partial charge on any atom is -0.0320 e. The summed E-state index contributed by atoms with van der Waals surface area (Å²) in [4.78, 5) is 0. The first-order valence-corrected chi connectivity index (χ1v) is 5.42. The van der Waals surface area contributed by atoms with E-state index in [1.165, 1.54) is 42.4 Å². The van der Waals surface area contributed by atoms with E-state index in [4.69, 9.17) is 0 Å². The molecule has 0 aromatic rings. The lowest BCUT2D eigenvalue weighted by Gasteiger charge is -2.27. The lowest BCUT2D eigenvalue weighted by atomic mass is 9.78. The molecule has 5 unspecified atom stereocenters.